The quantitative estimate of drug-likeness (QED) is 0.611. The van der Waals surface area contributed by atoms with Gasteiger partial charge in [-0.2, -0.15) is 5.10 Å². The molecule has 27 heavy (non-hydrogen) atoms. The van der Waals surface area contributed by atoms with Gasteiger partial charge >= 0.3 is 0 Å². The third kappa shape index (κ3) is 4.48. The van der Waals surface area contributed by atoms with Crippen molar-refractivity contribution < 1.29 is 4.39 Å². The van der Waals surface area contributed by atoms with E-state index in [4.69, 9.17) is 0 Å². The highest BCUT2D eigenvalue weighted by molar-refractivity contribution is 5.99. The summed E-state index contributed by atoms with van der Waals surface area (Å²) in [6.45, 7) is 10.00. The van der Waals surface area contributed by atoms with Crippen molar-refractivity contribution in [2.45, 2.75) is 20.8 Å². The lowest BCUT2D eigenvalue weighted by molar-refractivity contribution is 0.270. The van der Waals surface area contributed by atoms with Gasteiger partial charge in [-0.15, -0.1) is 10.2 Å². The van der Waals surface area contributed by atoms with Crippen LogP contribution < -0.4 is 15.9 Å². The van der Waals surface area contributed by atoms with Gasteiger partial charge in [0.05, 0.1) is 11.4 Å². The van der Waals surface area contributed by atoms with Gasteiger partial charge in [0, 0.05) is 31.7 Å². The first-order chi connectivity index (χ1) is 13.0. The number of hydrazone groups is 1. The summed E-state index contributed by atoms with van der Waals surface area (Å²) in [6, 6.07) is 5.11. The van der Waals surface area contributed by atoms with Crippen LogP contribution in [0.5, 0.6) is 0 Å². The Bertz CT molecular complexity index is 888. The highest BCUT2D eigenvalue weighted by atomic mass is 19.1. The van der Waals surface area contributed by atoms with Crippen molar-refractivity contribution >= 4 is 17.3 Å². The molecule has 2 heterocycles. The Kier molecular flexibility index (Phi) is 5.80. The van der Waals surface area contributed by atoms with Crippen LogP contribution >= 0.6 is 0 Å². The average Bonchev–Trinajstić information content (AvgIpc) is 2.68. The van der Waals surface area contributed by atoms with Crippen molar-refractivity contribution in [3.63, 3.8) is 0 Å². The number of rotatable bonds is 5. The summed E-state index contributed by atoms with van der Waals surface area (Å²) in [7, 11) is 0. The smallest absolute Gasteiger partial charge is 0.274 e. The highest BCUT2D eigenvalue weighted by Gasteiger charge is 2.18. The fourth-order valence-electron chi connectivity index (χ4n) is 2.94. The van der Waals surface area contributed by atoms with Crippen molar-refractivity contribution in [3.8, 4) is 0 Å². The maximum Gasteiger partial charge on any atom is 0.274 e. The van der Waals surface area contributed by atoms with Crippen molar-refractivity contribution in [1.82, 2.24) is 20.1 Å². The predicted octanol–water partition coefficient (Wildman–Crippen LogP) is 1.59. The van der Waals surface area contributed by atoms with Crippen LogP contribution in [0.4, 0.5) is 16.0 Å². The SMILES string of the molecule is CCN1CCN(c2ccc(/C(C)=N\Nc3nnc(C)c(=O)[nH]3)cc2F)CC1. The summed E-state index contributed by atoms with van der Waals surface area (Å²) in [4.78, 5) is 18.5. The van der Waals surface area contributed by atoms with E-state index in [-0.39, 0.29) is 23.0 Å². The molecule has 8 nitrogen and oxygen atoms in total. The van der Waals surface area contributed by atoms with E-state index in [1.165, 1.54) is 6.07 Å². The van der Waals surface area contributed by atoms with Gasteiger partial charge in [-0.3, -0.25) is 9.78 Å². The summed E-state index contributed by atoms with van der Waals surface area (Å²) in [5.41, 5.74) is 4.42. The predicted molar refractivity (Wildman–Crippen MR) is 104 cm³/mol. The number of nitrogens with one attached hydrogen (secondary N) is 2. The molecular formula is C18H24FN7O. The topological polar surface area (TPSA) is 89.5 Å². The first-order valence-electron chi connectivity index (χ1n) is 8.99. The van der Waals surface area contributed by atoms with E-state index < -0.39 is 0 Å². The van der Waals surface area contributed by atoms with Gasteiger partial charge in [0.15, 0.2) is 0 Å². The largest absolute Gasteiger partial charge is 0.367 e. The molecule has 1 aliphatic heterocycles. The number of aromatic nitrogens is 3. The van der Waals surface area contributed by atoms with Crippen LogP contribution in [0.2, 0.25) is 0 Å². The van der Waals surface area contributed by atoms with Gasteiger partial charge in [0.2, 0.25) is 5.95 Å². The number of likely N-dealkylation sites (N-methyl/N-ethyl adjacent to an activating group) is 1. The number of benzene rings is 1. The molecule has 2 aromatic rings. The molecular weight excluding hydrogens is 349 g/mol. The minimum Gasteiger partial charge on any atom is -0.367 e. The Morgan fingerprint density at radius 2 is 2.04 bits per heavy atom. The fourth-order valence-corrected chi connectivity index (χ4v) is 2.94. The van der Waals surface area contributed by atoms with E-state index in [0.29, 0.717) is 17.0 Å². The molecule has 0 atom stereocenters. The lowest BCUT2D eigenvalue weighted by Crippen LogP contribution is -2.46. The van der Waals surface area contributed by atoms with Crippen molar-refractivity contribution in [2.24, 2.45) is 5.10 Å². The van der Waals surface area contributed by atoms with Crippen molar-refractivity contribution in [3.05, 3.63) is 45.6 Å². The van der Waals surface area contributed by atoms with Crippen LogP contribution in [-0.2, 0) is 0 Å². The molecule has 0 saturated carbocycles. The third-order valence-corrected chi connectivity index (χ3v) is 4.72. The number of hydrogen-bond donors (Lipinski definition) is 2. The van der Waals surface area contributed by atoms with Crippen molar-refractivity contribution in [1.29, 1.82) is 0 Å². The maximum absolute atomic E-state index is 14.6. The molecule has 1 fully saturated rings. The summed E-state index contributed by atoms with van der Waals surface area (Å²) in [5, 5.41) is 11.7. The van der Waals surface area contributed by atoms with Crippen LogP contribution in [0.1, 0.15) is 25.1 Å². The number of anilines is 2. The minimum absolute atomic E-state index is 0.135. The number of hydrogen-bond acceptors (Lipinski definition) is 7. The lowest BCUT2D eigenvalue weighted by atomic mass is 10.1. The Morgan fingerprint density at radius 1 is 1.30 bits per heavy atom. The van der Waals surface area contributed by atoms with E-state index in [0.717, 1.165) is 32.7 Å². The number of aryl methyl sites for hydroxylation is 1. The van der Waals surface area contributed by atoms with Crippen LogP contribution in [0.15, 0.2) is 28.1 Å². The molecule has 0 radical (unpaired) electrons. The normalized spacial score (nSPS) is 15.9. The third-order valence-electron chi connectivity index (χ3n) is 4.72. The number of nitrogens with zero attached hydrogens (tertiary/aromatic N) is 5. The van der Waals surface area contributed by atoms with E-state index in [9.17, 15) is 9.18 Å². The Labute approximate surface area is 157 Å². The standard InChI is InChI=1S/C18H24FN7O/c1-4-25-7-9-26(10-8-25)16-6-5-14(11-15(16)19)12(2)21-23-18-20-17(27)13(3)22-24-18/h5-6,11H,4,7-10H2,1-3H3,(H2,20,23,24,27)/b21-12-. The van der Waals surface area contributed by atoms with Crippen molar-refractivity contribution in [2.75, 3.05) is 43.0 Å². The van der Waals surface area contributed by atoms with Gasteiger partial charge in [-0.1, -0.05) is 13.0 Å². The average molecular weight is 373 g/mol. The van der Waals surface area contributed by atoms with Gasteiger partial charge in [0.25, 0.3) is 5.56 Å². The second kappa shape index (κ2) is 8.26. The molecule has 1 aromatic heterocycles. The maximum atomic E-state index is 14.6. The van der Waals surface area contributed by atoms with Crippen LogP contribution in [0.3, 0.4) is 0 Å². The first kappa shape index (κ1) is 19.0. The van der Waals surface area contributed by atoms with Gasteiger partial charge in [-0.25, -0.2) is 9.82 Å². The molecule has 0 unspecified atom stereocenters. The monoisotopic (exact) mass is 373 g/mol. The molecule has 0 aliphatic carbocycles. The lowest BCUT2D eigenvalue weighted by Gasteiger charge is -2.35. The van der Waals surface area contributed by atoms with E-state index in [1.54, 1.807) is 19.9 Å². The van der Waals surface area contributed by atoms with E-state index >= 15 is 0 Å². The second-order valence-corrected chi connectivity index (χ2v) is 6.48. The first-order valence-corrected chi connectivity index (χ1v) is 8.99. The van der Waals surface area contributed by atoms with Crippen LogP contribution in [0.25, 0.3) is 0 Å². The number of piperazine rings is 1. The second-order valence-electron chi connectivity index (χ2n) is 6.48. The summed E-state index contributed by atoms with van der Waals surface area (Å²) in [6.07, 6.45) is 0. The zero-order chi connectivity index (χ0) is 19.4. The van der Waals surface area contributed by atoms with Gasteiger partial charge in [-0.05, 0) is 32.5 Å². The molecule has 0 spiro atoms. The fraction of sp³-hybridized carbons (Fsp3) is 0.444. The zero-order valence-electron chi connectivity index (χ0n) is 15.8. The van der Waals surface area contributed by atoms with Crippen LogP contribution in [-0.4, -0.2) is 58.5 Å². The molecule has 2 N–H and O–H groups in total. The molecule has 9 heteroatoms. The summed E-state index contributed by atoms with van der Waals surface area (Å²) in [5.74, 6) is -0.133. The Hall–Kier alpha value is -2.81. The molecule has 0 amide bonds. The Morgan fingerprint density at radius 3 is 2.67 bits per heavy atom. The molecule has 3 rings (SSSR count). The summed E-state index contributed by atoms with van der Waals surface area (Å²) < 4.78 is 14.6. The minimum atomic E-state index is -0.334. The number of H-pyrrole nitrogens is 1. The van der Waals surface area contributed by atoms with Gasteiger partial charge < -0.3 is 9.80 Å². The zero-order valence-corrected chi connectivity index (χ0v) is 15.8. The molecule has 144 valence electrons. The van der Waals surface area contributed by atoms with E-state index in [1.807, 2.05) is 6.07 Å². The molecule has 1 aromatic carbocycles. The number of halogens is 1. The number of aromatic amines is 1. The molecule has 1 aliphatic rings. The molecule has 0 bridgehead atoms. The highest BCUT2D eigenvalue weighted by Crippen LogP contribution is 2.22. The molecule has 1 saturated heterocycles. The summed E-state index contributed by atoms with van der Waals surface area (Å²) >= 11 is 0. The van der Waals surface area contributed by atoms with Crippen LogP contribution in [0, 0.1) is 12.7 Å². The van der Waals surface area contributed by atoms with Gasteiger partial charge in [0.1, 0.15) is 11.5 Å². The van der Waals surface area contributed by atoms with E-state index in [2.05, 4.69) is 42.4 Å². The Balaban J connectivity index is 1.70.